The molecular weight excluding hydrogens is 482 g/mol. The summed E-state index contributed by atoms with van der Waals surface area (Å²) in [5, 5.41) is 8.66. The predicted octanol–water partition coefficient (Wildman–Crippen LogP) is 4.25. The summed E-state index contributed by atoms with van der Waals surface area (Å²) in [6.45, 7) is 6.43. The van der Waals surface area contributed by atoms with Gasteiger partial charge in [-0.25, -0.2) is 14.6 Å². The molecule has 0 N–H and O–H groups in total. The Labute approximate surface area is 223 Å². The highest BCUT2D eigenvalue weighted by molar-refractivity contribution is 5.70. The molecule has 2 fully saturated rings. The third kappa shape index (κ3) is 5.79. The van der Waals surface area contributed by atoms with Crippen LogP contribution in [-0.4, -0.2) is 55.6 Å². The minimum atomic E-state index is -0.110. The zero-order valence-electron chi connectivity index (χ0n) is 22.6. The Bertz CT molecular complexity index is 1260. The Balaban J connectivity index is 1.31. The van der Waals surface area contributed by atoms with Gasteiger partial charge >= 0.3 is 12.0 Å². The number of hydrogen-bond donors (Lipinski definition) is 0. The predicted molar refractivity (Wildman–Crippen MR) is 143 cm³/mol. The van der Waals surface area contributed by atoms with Gasteiger partial charge in [-0.3, -0.25) is 4.79 Å². The molecule has 0 unspecified atom stereocenters. The minimum Gasteiger partial charge on any atom is -0.466 e. The minimum absolute atomic E-state index is 0.110. The van der Waals surface area contributed by atoms with E-state index >= 15 is 0 Å². The summed E-state index contributed by atoms with van der Waals surface area (Å²) < 4.78 is 12.9. The van der Waals surface area contributed by atoms with Crippen LogP contribution >= 0.6 is 0 Å². The number of nitrogens with zero attached hydrogens (tertiary/aromatic N) is 7. The Kier molecular flexibility index (Phi) is 8.14. The van der Waals surface area contributed by atoms with E-state index in [1.165, 1.54) is 19.3 Å². The molecule has 3 aromatic heterocycles. The SMILES string of the molecule is CCOC(=O)C[C@H]1CCCN(c2ccc(-c3nnn(C)c3COc3nccc(C4CCC4)n3)nc2CC)C1. The first-order chi connectivity index (χ1) is 18.6. The fourth-order valence-electron chi connectivity index (χ4n) is 5.31. The van der Waals surface area contributed by atoms with Gasteiger partial charge < -0.3 is 14.4 Å². The largest absolute Gasteiger partial charge is 0.466 e. The van der Waals surface area contributed by atoms with Crippen LogP contribution in [0.4, 0.5) is 5.69 Å². The lowest BCUT2D eigenvalue weighted by Gasteiger charge is -2.35. The van der Waals surface area contributed by atoms with Crippen molar-refractivity contribution in [1.82, 2.24) is 29.9 Å². The van der Waals surface area contributed by atoms with Gasteiger partial charge in [-0.1, -0.05) is 18.6 Å². The Morgan fingerprint density at radius 2 is 1.97 bits per heavy atom. The van der Waals surface area contributed by atoms with E-state index in [4.69, 9.17) is 14.5 Å². The number of carbonyl (C=O) groups excluding carboxylic acids is 1. The summed E-state index contributed by atoms with van der Waals surface area (Å²) in [6.07, 6.45) is 8.72. The molecule has 4 heterocycles. The van der Waals surface area contributed by atoms with Crippen molar-refractivity contribution in [3.05, 3.63) is 41.5 Å². The Morgan fingerprint density at radius 3 is 2.74 bits per heavy atom. The van der Waals surface area contributed by atoms with E-state index in [0.29, 0.717) is 36.6 Å². The molecule has 202 valence electrons. The number of rotatable bonds is 10. The molecule has 0 aromatic carbocycles. The monoisotopic (exact) mass is 519 g/mol. The maximum Gasteiger partial charge on any atom is 0.316 e. The molecule has 10 heteroatoms. The first kappa shape index (κ1) is 26.1. The van der Waals surface area contributed by atoms with Crippen molar-refractivity contribution in [2.24, 2.45) is 13.0 Å². The lowest BCUT2D eigenvalue weighted by Crippen LogP contribution is -2.37. The highest BCUT2D eigenvalue weighted by Gasteiger charge is 2.26. The molecule has 0 radical (unpaired) electrons. The second-order valence-electron chi connectivity index (χ2n) is 10.2. The third-order valence-electron chi connectivity index (χ3n) is 7.61. The number of carbonyl (C=O) groups is 1. The summed E-state index contributed by atoms with van der Waals surface area (Å²) in [6, 6.07) is 6.48. The van der Waals surface area contributed by atoms with E-state index in [1.807, 2.05) is 26.1 Å². The number of aromatic nitrogens is 6. The van der Waals surface area contributed by atoms with Crippen LogP contribution in [0.15, 0.2) is 24.4 Å². The van der Waals surface area contributed by atoms with Crippen LogP contribution in [0.2, 0.25) is 0 Å². The van der Waals surface area contributed by atoms with Crippen molar-refractivity contribution >= 4 is 11.7 Å². The molecule has 2 aliphatic rings. The van der Waals surface area contributed by atoms with E-state index in [-0.39, 0.29) is 12.6 Å². The third-order valence-corrected chi connectivity index (χ3v) is 7.61. The normalized spacial score (nSPS) is 17.8. The van der Waals surface area contributed by atoms with Crippen LogP contribution in [0.5, 0.6) is 6.01 Å². The van der Waals surface area contributed by atoms with Crippen LogP contribution in [0.25, 0.3) is 11.4 Å². The number of anilines is 1. The van der Waals surface area contributed by atoms with Gasteiger partial charge in [-0.2, -0.15) is 4.98 Å². The molecule has 38 heavy (non-hydrogen) atoms. The average Bonchev–Trinajstić information content (AvgIpc) is 3.26. The highest BCUT2D eigenvalue weighted by Crippen LogP contribution is 2.35. The molecule has 1 atom stereocenters. The van der Waals surface area contributed by atoms with Gasteiger partial charge in [0.05, 0.1) is 35.8 Å². The molecule has 10 nitrogen and oxygen atoms in total. The highest BCUT2D eigenvalue weighted by atomic mass is 16.5. The van der Waals surface area contributed by atoms with Crippen LogP contribution in [0.1, 0.15) is 75.4 Å². The summed E-state index contributed by atoms with van der Waals surface area (Å²) in [5.74, 6) is 0.701. The van der Waals surface area contributed by atoms with Crippen LogP contribution < -0.4 is 9.64 Å². The quantitative estimate of drug-likeness (QED) is 0.363. The first-order valence-corrected chi connectivity index (χ1v) is 13.8. The number of ether oxygens (including phenoxy) is 2. The van der Waals surface area contributed by atoms with E-state index in [2.05, 4.69) is 38.2 Å². The standard InChI is InChI=1S/C28H37N7O3/c1-4-21-24(35-15-7-8-19(17-35)16-26(36)37-5-2)12-11-23(30-21)27-25(34(3)33-32-27)18-38-28-29-14-13-22(31-28)20-9-6-10-20/h11-14,19-20H,4-10,15-18H2,1-3H3/t19-/m1/s1. The second kappa shape index (κ2) is 11.9. The van der Waals surface area contributed by atoms with Crippen LogP contribution in [0.3, 0.4) is 0 Å². The molecule has 0 spiro atoms. The maximum atomic E-state index is 12.0. The average molecular weight is 520 g/mol. The lowest BCUT2D eigenvalue weighted by molar-refractivity contribution is -0.144. The van der Waals surface area contributed by atoms with Gasteiger partial charge in [0, 0.05) is 32.3 Å². The van der Waals surface area contributed by atoms with Gasteiger partial charge in [0.15, 0.2) is 0 Å². The van der Waals surface area contributed by atoms with Crippen molar-refractivity contribution in [2.75, 3.05) is 24.6 Å². The molecule has 5 rings (SSSR count). The number of esters is 1. The van der Waals surface area contributed by atoms with E-state index < -0.39 is 0 Å². The Hall–Kier alpha value is -3.56. The van der Waals surface area contributed by atoms with Gasteiger partial charge in [0.1, 0.15) is 18.0 Å². The van der Waals surface area contributed by atoms with Crippen molar-refractivity contribution < 1.29 is 14.3 Å². The number of piperidine rings is 1. The smallest absolute Gasteiger partial charge is 0.316 e. The fourth-order valence-corrected chi connectivity index (χ4v) is 5.31. The zero-order valence-corrected chi connectivity index (χ0v) is 22.6. The van der Waals surface area contributed by atoms with Gasteiger partial charge in [0.25, 0.3) is 0 Å². The summed E-state index contributed by atoms with van der Waals surface area (Å²) in [4.78, 5) is 28.3. The van der Waals surface area contributed by atoms with E-state index in [9.17, 15) is 4.79 Å². The molecule has 0 amide bonds. The van der Waals surface area contributed by atoms with Gasteiger partial charge in [-0.05, 0) is 63.1 Å². The van der Waals surface area contributed by atoms with Crippen molar-refractivity contribution in [3.8, 4) is 17.4 Å². The molecular formula is C28H37N7O3. The molecule has 3 aromatic rings. The first-order valence-electron chi connectivity index (χ1n) is 13.8. The fraction of sp³-hybridized carbons (Fsp3) is 0.571. The van der Waals surface area contributed by atoms with E-state index in [1.54, 1.807) is 10.9 Å². The number of pyridine rings is 1. The van der Waals surface area contributed by atoms with Gasteiger partial charge in [-0.15, -0.1) is 5.10 Å². The summed E-state index contributed by atoms with van der Waals surface area (Å²) in [7, 11) is 1.85. The summed E-state index contributed by atoms with van der Waals surface area (Å²) >= 11 is 0. The molecule has 1 aliphatic carbocycles. The molecule has 1 aliphatic heterocycles. The van der Waals surface area contributed by atoms with Crippen molar-refractivity contribution in [2.45, 2.75) is 71.3 Å². The van der Waals surface area contributed by atoms with Crippen molar-refractivity contribution in [3.63, 3.8) is 0 Å². The second-order valence-corrected chi connectivity index (χ2v) is 10.2. The lowest BCUT2D eigenvalue weighted by atomic mass is 9.83. The maximum absolute atomic E-state index is 12.0. The van der Waals surface area contributed by atoms with Gasteiger partial charge in [0.2, 0.25) is 0 Å². The molecule has 1 saturated heterocycles. The number of hydrogen-bond acceptors (Lipinski definition) is 9. The zero-order chi connectivity index (χ0) is 26.5. The molecule has 0 bridgehead atoms. The number of aryl methyl sites for hydroxylation is 2. The summed E-state index contributed by atoms with van der Waals surface area (Å²) in [5.41, 5.74) is 5.46. The van der Waals surface area contributed by atoms with Crippen LogP contribution in [0, 0.1) is 5.92 Å². The van der Waals surface area contributed by atoms with Crippen molar-refractivity contribution in [1.29, 1.82) is 0 Å². The van der Waals surface area contributed by atoms with E-state index in [0.717, 1.165) is 60.8 Å². The van der Waals surface area contributed by atoms with Crippen LogP contribution in [-0.2, 0) is 29.6 Å². The Morgan fingerprint density at radius 1 is 1.11 bits per heavy atom. The molecule has 1 saturated carbocycles. The topological polar surface area (TPSA) is 108 Å².